The summed E-state index contributed by atoms with van der Waals surface area (Å²) in [7, 11) is 0. The molecule has 1 aromatic heterocycles. The Morgan fingerprint density at radius 1 is 1.20 bits per heavy atom. The van der Waals surface area contributed by atoms with Gasteiger partial charge in [0.05, 0.1) is 12.3 Å². The molecule has 0 atom stereocenters. The molecule has 0 bridgehead atoms. The Balaban J connectivity index is 1.54. The van der Waals surface area contributed by atoms with Crippen molar-refractivity contribution in [2.24, 2.45) is 11.0 Å². The van der Waals surface area contributed by atoms with Crippen LogP contribution < -0.4 is 10.7 Å². The number of amides is 2. The number of furan rings is 1. The van der Waals surface area contributed by atoms with E-state index in [1.165, 1.54) is 12.1 Å². The second kappa shape index (κ2) is 6.95. The molecule has 0 spiro atoms. The predicted octanol–water partition coefficient (Wildman–Crippen LogP) is 2.30. The fraction of sp³-hybridized carbons (Fsp3) is 0.188. The number of nitrogens with zero attached hydrogens (tertiary/aromatic N) is 2. The SMILES string of the molecule is O=C(NN=Cc1ccc([N+](=O)[O-])o1)c1ccc(NC(=O)C2CC2)cc1. The third kappa shape index (κ3) is 4.28. The summed E-state index contributed by atoms with van der Waals surface area (Å²) >= 11 is 0. The second-order valence-electron chi connectivity index (χ2n) is 5.47. The molecule has 2 amide bonds. The normalized spacial score (nSPS) is 13.6. The summed E-state index contributed by atoms with van der Waals surface area (Å²) < 4.78 is 4.87. The van der Waals surface area contributed by atoms with Gasteiger partial charge in [0.15, 0.2) is 5.76 Å². The molecule has 1 aliphatic carbocycles. The molecule has 0 saturated heterocycles. The molecule has 25 heavy (non-hydrogen) atoms. The van der Waals surface area contributed by atoms with Crippen LogP contribution in [0.5, 0.6) is 0 Å². The molecule has 0 unspecified atom stereocenters. The molecule has 1 aromatic carbocycles. The van der Waals surface area contributed by atoms with Crippen LogP contribution in [0.4, 0.5) is 11.6 Å². The van der Waals surface area contributed by atoms with Crippen molar-refractivity contribution in [1.82, 2.24) is 5.43 Å². The number of carbonyl (C=O) groups excluding carboxylic acids is 2. The summed E-state index contributed by atoms with van der Waals surface area (Å²) in [4.78, 5) is 33.4. The maximum atomic E-state index is 11.9. The van der Waals surface area contributed by atoms with Gasteiger partial charge in [-0.15, -0.1) is 0 Å². The lowest BCUT2D eigenvalue weighted by molar-refractivity contribution is -0.402. The van der Waals surface area contributed by atoms with E-state index in [2.05, 4.69) is 15.8 Å². The van der Waals surface area contributed by atoms with Crippen LogP contribution in [-0.4, -0.2) is 23.0 Å². The average molecular weight is 342 g/mol. The first-order valence-corrected chi connectivity index (χ1v) is 7.51. The third-order valence-electron chi connectivity index (χ3n) is 3.51. The molecule has 9 heteroatoms. The van der Waals surface area contributed by atoms with Crippen LogP contribution in [-0.2, 0) is 4.79 Å². The second-order valence-corrected chi connectivity index (χ2v) is 5.47. The van der Waals surface area contributed by atoms with Crippen LogP contribution in [0.25, 0.3) is 0 Å². The molecule has 1 fully saturated rings. The van der Waals surface area contributed by atoms with Gasteiger partial charge >= 0.3 is 5.88 Å². The maximum Gasteiger partial charge on any atom is 0.433 e. The van der Waals surface area contributed by atoms with E-state index in [4.69, 9.17) is 4.42 Å². The number of nitro groups is 1. The van der Waals surface area contributed by atoms with E-state index in [9.17, 15) is 19.7 Å². The van der Waals surface area contributed by atoms with E-state index in [-0.39, 0.29) is 17.6 Å². The summed E-state index contributed by atoms with van der Waals surface area (Å²) in [6.07, 6.45) is 3.00. The molecule has 9 nitrogen and oxygen atoms in total. The Kier molecular flexibility index (Phi) is 4.55. The fourth-order valence-corrected chi connectivity index (χ4v) is 2.02. The molecule has 1 aliphatic rings. The Labute approximate surface area is 141 Å². The zero-order valence-electron chi connectivity index (χ0n) is 13.0. The number of rotatable bonds is 6. The zero-order valence-corrected chi connectivity index (χ0v) is 13.0. The highest BCUT2D eigenvalue weighted by Gasteiger charge is 2.29. The first-order valence-electron chi connectivity index (χ1n) is 7.51. The molecule has 0 radical (unpaired) electrons. The number of benzene rings is 1. The smallest absolute Gasteiger partial charge is 0.400 e. The minimum atomic E-state index is -0.667. The van der Waals surface area contributed by atoms with E-state index in [0.717, 1.165) is 19.1 Å². The minimum absolute atomic E-state index is 0.00524. The Morgan fingerprint density at radius 3 is 2.52 bits per heavy atom. The Bertz CT molecular complexity index is 836. The number of carbonyl (C=O) groups is 2. The minimum Gasteiger partial charge on any atom is -0.400 e. The van der Waals surface area contributed by atoms with Gasteiger partial charge in [0.2, 0.25) is 5.91 Å². The predicted molar refractivity (Wildman–Crippen MR) is 88.2 cm³/mol. The van der Waals surface area contributed by atoms with Gasteiger partial charge in [0, 0.05) is 17.2 Å². The van der Waals surface area contributed by atoms with Gasteiger partial charge in [-0.05, 0) is 43.2 Å². The van der Waals surface area contributed by atoms with Crippen LogP contribution >= 0.6 is 0 Å². The molecule has 3 rings (SSSR count). The number of hydrogen-bond donors (Lipinski definition) is 2. The van der Waals surface area contributed by atoms with Crippen molar-refractivity contribution in [3.05, 3.63) is 57.8 Å². The Morgan fingerprint density at radius 2 is 1.92 bits per heavy atom. The van der Waals surface area contributed by atoms with E-state index in [1.807, 2.05) is 0 Å². The summed E-state index contributed by atoms with van der Waals surface area (Å²) in [5.74, 6) is -0.622. The number of anilines is 1. The van der Waals surface area contributed by atoms with Crippen molar-refractivity contribution in [3.63, 3.8) is 0 Å². The largest absolute Gasteiger partial charge is 0.433 e. The standard InChI is InChI=1S/C16H14N4O5/c21-15(10-1-2-10)18-12-5-3-11(4-6-12)16(22)19-17-9-13-7-8-14(25-13)20(23)24/h3-10H,1-2H2,(H,18,21)(H,19,22). The lowest BCUT2D eigenvalue weighted by atomic mass is 10.2. The van der Waals surface area contributed by atoms with Gasteiger partial charge in [0.25, 0.3) is 5.91 Å². The Hall–Kier alpha value is -3.49. The van der Waals surface area contributed by atoms with Gasteiger partial charge in [-0.2, -0.15) is 5.10 Å². The molecule has 2 N–H and O–H groups in total. The van der Waals surface area contributed by atoms with Gasteiger partial charge in [0.1, 0.15) is 4.92 Å². The van der Waals surface area contributed by atoms with Crippen molar-refractivity contribution in [3.8, 4) is 0 Å². The summed E-state index contributed by atoms with van der Waals surface area (Å²) in [6.45, 7) is 0. The molecular formula is C16H14N4O5. The first kappa shape index (κ1) is 16.4. The number of nitrogens with one attached hydrogen (secondary N) is 2. The molecule has 128 valence electrons. The number of hydrazone groups is 1. The average Bonchev–Trinajstić information content (AvgIpc) is 3.34. The van der Waals surface area contributed by atoms with Crippen molar-refractivity contribution >= 4 is 29.6 Å². The summed E-state index contributed by atoms with van der Waals surface area (Å²) in [5.41, 5.74) is 3.27. The molecular weight excluding hydrogens is 328 g/mol. The van der Waals surface area contributed by atoms with E-state index in [1.54, 1.807) is 24.3 Å². The highest BCUT2D eigenvalue weighted by molar-refractivity contribution is 5.97. The lowest BCUT2D eigenvalue weighted by Gasteiger charge is -2.05. The van der Waals surface area contributed by atoms with Gasteiger partial charge in [-0.3, -0.25) is 19.7 Å². The van der Waals surface area contributed by atoms with Gasteiger partial charge in [-0.25, -0.2) is 5.43 Å². The molecule has 1 heterocycles. The summed E-state index contributed by atoms with van der Waals surface area (Å²) in [5, 5.41) is 16.9. The quantitative estimate of drug-likeness (QED) is 0.473. The van der Waals surface area contributed by atoms with Crippen LogP contribution in [0, 0.1) is 16.0 Å². The highest BCUT2D eigenvalue weighted by Crippen LogP contribution is 2.30. The van der Waals surface area contributed by atoms with Crippen molar-refractivity contribution in [1.29, 1.82) is 0 Å². The van der Waals surface area contributed by atoms with Gasteiger partial charge in [-0.1, -0.05) is 0 Å². The van der Waals surface area contributed by atoms with Crippen LogP contribution in [0.15, 0.2) is 45.9 Å². The van der Waals surface area contributed by atoms with Crippen LogP contribution in [0.2, 0.25) is 0 Å². The molecule has 1 saturated carbocycles. The van der Waals surface area contributed by atoms with Crippen molar-refractivity contribution < 1.29 is 18.9 Å². The maximum absolute atomic E-state index is 11.9. The van der Waals surface area contributed by atoms with E-state index >= 15 is 0 Å². The third-order valence-corrected chi connectivity index (χ3v) is 3.51. The first-order chi connectivity index (χ1) is 12.0. The number of hydrogen-bond acceptors (Lipinski definition) is 6. The fourth-order valence-electron chi connectivity index (χ4n) is 2.02. The van der Waals surface area contributed by atoms with E-state index < -0.39 is 16.7 Å². The monoisotopic (exact) mass is 342 g/mol. The topological polar surface area (TPSA) is 127 Å². The zero-order chi connectivity index (χ0) is 17.8. The van der Waals surface area contributed by atoms with E-state index in [0.29, 0.717) is 11.3 Å². The molecule has 0 aliphatic heterocycles. The van der Waals surface area contributed by atoms with Crippen molar-refractivity contribution in [2.75, 3.05) is 5.32 Å². The summed E-state index contributed by atoms with van der Waals surface area (Å²) in [6, 6.07) is 8.95. The lowest BCUT2D eigenvalue weighted by Crippen LogP contribution is -2.18. The molecule has 2 aromatic rings. The van der Waals surface area contributed by atoms with Crippen LogP contribution in [0.1, 0.15) is 29.0 Å². The van der Waals surface area contributed by atoms with Crippen molar-refractivity contribution in [2.45, 2.75) is 12.8 Å². The van der Waals surface area contributed by atoms with Gasteiger partial charge < -0.3 is 9.73 Å². The highest BCUT2D eigenvalue weighted by atomic mass is 16.6. The van der Waals surface area contributed by atoms with Crippen LogP contribution in [0.3, 0.4) is 0 Å².